The number of ether oxygens (including phenoxy) is 1. The van der Waals surface area contributed by atoms with Crippen molar-refractivity contribution in [3.63, 3.8) is 0 Å². The minimum atomic E-state index is -0.221. The van der Waals surface area contributed by atoms with Gasteiger partial charge in [-0.3, -0.25) is 9.59 Å². The Kier molecular flexibility index (Phi) is 7.58. The van der Waals surface area contributed by atoms with E-state index in [0.29, 0.717) is 12.1 Å². The quantitative estimate of drug-likeness (QED) is 0.695. The number of benzene rings is 2. The van der Waals surface area contributed by atoms with Crippen LogP contribution in [-0.4, -0.2) is 42.2 Å². The Labute approximate surface area is 176 Å². The molecule has 0 saturated carbocycles. The number of methoxy groups -OCH3 is 1. The minimum Gasteiger partial charge on any atom is -0.497 e. The van der Waals surface area contributed by atoms with Gasteiger partial charge in [0, 0.05) is 30.1 Å². The summed E-state index contributed by atoms with van der Waals surface area (Å²) in [7, 11) is 1.63. The van der Waals surface area contributed by atoms with Crippen molar-refractivity contribution >= 4 is 23.6 Å². The molecule has 1 atom stereocenters. The normalized spacial score (nSPS) is 14.9. The van der Waals surface area contributed by atoms with E-state index >= 15 is 0 Å². The summed E-state index contributed by atoms with van der Waals surface area (Å²) in [4.78, 5) is 28.1. The summed E-state index contributed by atoms with van der Waals surface area (Å²) < 4.78 is 5.16. The van der Waals surface area contributed by atoms with Crippen molar-refractivity contribution in [1.29, 1.82) is 0 Å². The summed E-state index contributed by atoms with van der Waals surface area (Å²) in [6, 6.07) is 15.2. The molecule has 3 rings (SSSR count). The monoisotopic (exact) mass is 412 g/mol. The van der Waals surface area contributed by atoms with E-state index in [2.05, 4.69) is 5.32 Å². The third-order valence-corrected chi connectivity index (χ3v) is 6.14. The predicted octanol–water partition coefficient (Wildman–Crippen LogP) is 4.12. The van der Waals surface area contributed by atoms with Crippen molar-refractivity contribution < 1.29 is 14.3 Å². The molecule has 0 spiro atoms. The van der Waals surface area contributed by atoms with Gasteiger partial charge in [-0.05, 0) is 68.1 Å². The molecular formula is C23H28N2O3S. The molecule has 0 bridgehead atoms. The number of nitrogens with one attached hydrogen (secondary N) is 1. The van der Waals surface area contributed by atoms with E-state index in [1.807, 2.05) is 60.4 Å². The maximum absolute atomic E-state index is 12.7. The zero-order valence-corrected chi connectivity index (χ0v) is 17.8. The Balaban J connectivity index is 1.53. The highest BCUT2D eigenvalue weighted by atomic mass is 32.2. The van der Waals surface area contributed by atoms with Crippen molar-refractivity contribution in [2.75, 3.05) is 20.2 Å². The number of hydrogen-bond acceptors (Lipinski definition) is 4. The zero-order chi connectivity index (χ0) is 20.6. The molecule has 1 aliphatic rings. The van der Waals surface area contributed by atoms with E-state index in [0.717, 1.165) is 42.1 Å². The number of rotatable bonds is 7. The maximum atomic E-state index is 12.7. The van der Waals surface area contributed by atoms with Crippen LogP contribution in [-0.2, 0) is 11.3 Å². The van der Waals surface area contributed by atoms with Crippen LogP contribution >= 0.6 is 11.8 Å². The lowest BCUT2D eigenvalue weighted by Crippen LogP contribution is -2.35. The van der Waals surface area contributed by atoms with E-state index in [-0.39, 0.29) is 17.1 Å². The number of thioether (sulfide) groups is 1. The van der Waals surface area contributed by atoms with Gasteiger partial charge in [0.2, 0.25) is 5.91 Å². The number of carbonyl (C=O) groups excluding carboxylic acids is 2. The molecule has 1 unspecified atom stereocenters. The first-order valence-electron chi connectivity index (χ1n) is 10.0. The van der Waals surface area contributed by atoms with Crippen molar-refractivity contribution in [3.8, 4) is 5.75 Å². The zero-order valence-electron chi connectivity index (χ0n) is 17.0. The second-order valence-corrected chi connectivity index (χ2v) is 8.62. The Morgan fingerprint density at radius 1 is 1.10 bits per heavy atom. The van der Waals surface area contributed by atoms with Crippen molar-refractivity contribution in [1.82, 2.24) is 10.2 Å². The van der Waals surface area contributed by atoms with Gasteiger partial charge >= 0.3 is 0 Å². The largest absolute Gasteiger partial charge is 0.497 e. The van der Waals surface area contributed by atoms with Crippen molar-refractivity contribution in [2.45, 2.75) is 42.9 Å². The number of carbonyl (C=O) groups is 2. The maximum Gasteiger partial charge on any atom is 0.253 e. The van der Waals surface area contributed by atoms with Gasteiger partial charge in [0.05, 0.1) is 12.4 Å². The lowest BCUT2D eigenvalue weighted by molar-refractivity contribution is -0.120. The van der Waals surface area contributed by atoms with Gasteiger partial charge in [-0.15, -0.1) is 11.8 Å². The summed E-state index contributed by atoms with van der Waals surface area (Å²) in [5.41, 5.74) is 1.63. The van der Waals surface area contributed by atoms with Gasteiger partial charge in [0.25, 0.3) is 5.91 Å². The molecule has 1 N–H and O–H groups in total. The van der Waals surface area contributed by atoms with Crippen LogP contribution in [0.2, 0.25) is 0 Å². The number of amides is 2. The van der Waals surface area contributed by atoms with Crippen LogP contribution in [0.5, 0.6) is 5.75 Å². The van der Waals surface area contributed by atoms with Crippen LogP contribution in [0.15, 0.2) is 53.4 Å². The Bertz CT molecular complexity index is 832. The highest BCUT2D eigenvalue weighted by Gasteiger charge is 2.19. The number of hydrogen-bond donors (Lipinski definition) is 1. The van der Waals surface area contributed by atoms with Gasteiger partial charge in [-0.2, -0.15) is 0 Å². The Morgan fingerprint density at radius 3 is 2.52 bits per heavy atom. The smallest absolute Gasteiger partial charge is 0.253 e. The molecule has 0 aliphatic carbocycles. The molecule has 1 aliphatic heterocycles. The molecule has 2 aromatic rings. The molecule has 0 aromatic heterocycles. The standard InChI is InChI=1S/C23H28N2O3S/c1-17(29-21-11-9-20(28-2)10-12-21)22(26)24-16-18-7-6-8-19(15-18)23(27)25-13-4-3-5-14-25/h6-12,15,17H,3-5,13-14,16H2,1-2H3,(H,24,26). The predicted molar refractivity (Wildman–Crippen MR) is 116 cm³/mol. The van der Waals surface area contributed by atoms with E-state index in [9.17, 15) is 9.59 Å². The van der Waals surface area contributed by atoms with Gasteiger partial charge in [-0.25, -0.2) is 0 Å². The second kappa shape index (κ2) is 10.3. The molecule has 1 fully saturated rings. The first-order valence-corrected chi connectivity index (χ1v) is 10.9. The molecule has 154 valence electrons. The number of piperidine rings is 1. The third kappa shape index (κ3) is 6.00. The second-order valence-electron chi connectivity index (χ2n) is 7.21. The van der Waals surface area contributed by atoms with Crippen LogP contribution in [0.25, 0.3) is 0 Å². The molecule has 2 amide bonds. The molecule has 1 heterocycles. The summed E-state index contributed by atoms with van der Waals surface area (Å²) >= 11 is 1.50. The van der Waals surface area contributed by atoms with Crippen molar-refractivity contribution in [3.05, 3.63) is 59.7 Å². The van der Waals surface area contributed by atoms with E-state index < -0.39 is 0 Å². The van der Waals surface area contributed by atoms with Gasteiger partial charge in [0.1, 0.15) is 5.75 Å². The lowest BCUT2D eigenvalue weighted by Gasteiger charge is -2.26. The number of nitrogens with zero attached hydrogens (tertiary/aromatic N) is 1. The fourth-order valence-corrected chi connectivity index (χ4v) is 4.23. The fourth-order valence-electron chi connectivity index (χ4n) is 3.34. The average molecular weight is 413 g/mol. The SMILES string of the molecule is COc1ccc(SC(C)C(=O)NCc2cccc(C(=O)N3CCCCC3)c2)cc1. The van der Waals surface area contributed by atoms with Crippen LogP contribution < -0.4 is 10.1 Å². The fraction of sp³-hybridized carbons (Fsp3) is 0.391. The van der Waals surface area contributed by atoms with E-state index in [1.165, 1.54) is 18.2 Å². The van der Waals surface area contributed by atoms with E-state index in [1.54, 1.807) is 7.11 Å². The average Bonchev–Trinajstić information content (AvgIpc) is 2.78. The highest BCUT2D eigenvalue weighted by Crippen LogP contribution is 2.25. The van der Waals surface area contributed by atoms with Crippen LogP contribution in [0.4, 0.5) is 0 Å². The van der Waals surface area contributed by atoms with Gasteiger partial charge in [-0.1, -0.05) is 12.1 Å². The topological polar surface area (TPSA) is 58.6 Å². The Morgan fingerprint density at radius 2 is 1.83 bits per heavy atom. The summed E-state index contributed by atoms with van der Waals surface area (Å²) in [6.45, 7) is 3.97. The van der Waals surface area contributed by atoms with E-state index in [4.69, 9.17) is 4.74 Å². The number of likely N-dealkylation sites (tertiary alicyclic amines) is 1. The molecule has 0 radical (unpaired) electrons. The van der Waals surface area contributed by atoms with Crippen LogP contribution in [0.3, 0.4) is 0 Å². The summed E-state index contributed by atoms with van der Waals surface area (Å²) in [5.74, 6) is 0.852. The first-order chi connectivity index (χ1) is 14.1. The van der Waals surface area contributed by atoms with Gasteiger partial charge < -0.3 is 15.0 Å². The molecule has 5 nitrogen and oxygen atoms in total. The summed E-state index contributed by atoms with van der Waals surface area (Å²) in [6.07, 6.45) is 3.35. The van der Waals surface area contributed by atoms with Crippen LogP contribution in [0, 0.1) is 0 Å². The molecular weight excluding hydrogens is 384 g/mol. The van der Waals surface area contributed by atoms with Crippen molar-refractivity contribution in [2.24, 2.45) is 0 Å². The van der Waals surface area contributed by atoms with Gasteiger partial charge in [0.15, 0.2) is 0 Å². The first kappa shape index (κ1) is 21.2. The van der Waals surface area contributed by atoms with Crippen LogP contribution in [0.1, 0.15) is 42.1 Å². The highest BCUT2D eigenvalue weighted by molar-refractivity contribution is 8.00. The molecule has 6 heteroatoms. The minimum absolute atomic E-state index is 0.0291. The lowest BCUT2D eigenvalue weighted by atomic mass is 10.1. The molecule has 1 saturated heterocycles. The molecule has 29 heavy (non-hydrogen) atoms. The third-order valence-electron chi connectivity index (χ3n) is 5.03. The molecule has 2 aromatic carbocycles. The Hall–Kier alpha value is -2.47. The summed E-state index contributed by atoms with van der Waals surface area (Å²) in [5, 5.41) is 2.76.